The average molecular weight is 577 g/mol. The predicted octanol–water partition coefficient (Wildman–Crippen LogP) is 4.13. The van der Waals surface area contributed by atoms with Crippen LogP contribution in [0.2, 0.25) is 5.02 Å². The van der Waals surface area contributed by atoms with Gasteiger partial charge in [0.05, 0.1) is 6.61 Å². The van der Waals surface area contributed by atoms with E-state index in [9.17, 15) is 19.2 Å². The summed E-state index contributed by atoms with van der Waals surface area (Å²) < 4.78 is 33.5. The van der Waals surface area contributed by atoms with E-state index in [1.165, 1.54) is 27.7 Å². The summed E-state index contributed by atoms with van der Waals surface area (Å²) in [6, 6.07) is 12.8. The molecular weight excluding hydrogens is 544 g/mol. The van der Waals surface area contributed by atoms with E-state index in [1.54, 1.807) is 18.2 Å². The van der Waals surface area contributed by atoms with Gasteiger partial charge in [0, 0.05) is 32.7 Å². The largest absolute Gasteiger partial charge is 0.494 e. The number of rotatable bonds is 10. The third-order valence-corrected chi connectivity index (χ3v) is 6.39. The van der Waals surface area contributed by atoms with Gasteiger partial charge in [0.25, 0.3) is 0 Å². The Morgan fingerprint density at radius 2 is 1.40 bits per heavy atom. The summed E-state index contributed by atoms with van der Waals surface area (Å²) in [6.45, 7) is 6.94. The predicted molar refractivity (Wildman–Crippen MR) is 143 cm³/mol. The molecule has 3 rings (SSSR count). The minimum absolute atomic E-state index is 0.305. The molecule has 1 aliphatic heterocycles. The summed E-state index contributed by atoms with van der Waals surface area (Å²) in [4.78, 5) is 47.8. The van der Waals surface area contributed by atoms with Crippen LogP contribution in [0.3, 0.4) is 0 Å². The highest BCUT2D eigenvalue weighted by atomic mass is 35.5. The molecule has 0 N–H and O–H groups in total. The minimum atomic E-state index is -1.25. The van der Waals surface area contributed by atoms with Crippen LogP contribution < -0.4 is 4.74 Å². The number of benzene rings is 2. The summed E-state index contributed by atoms with van der Waals surface area (Å²) in [5.74, 6) is -1.89. The van der Waals surface area contributed by atoms with Gasteiger partial charge >= 0.3 is 23.9 Å². The standard InChI is InChI=1S/C29H33ClO10/c1-6-35-23-10-7-20(8-11-23)13-22-14-21(9-12-24(22)30)26-28(38-18(4)33)29(39-19(5)34)27(37-17(3)32)25(40-26)15-36-16(2)31/h7-12,14,25-29H,6,13,15H2,1-5H3/t25?,26-,27+,28+,29-/m0/s1. The third-order valence-electron chi connectivity index (χ3n) is 6.02. The molecule has 1 fully saturated rings. The second-order valence-corrected chi connectivity index (χ2v) is 9.63. The maximum absolute atomic E-state index is 12.2. The first kappa shape index (κ1) is 30.9. The summed E-state index contributed by atoms with van der Waals surface area (Å²) >= 11 is 6.54. The molecule has 1 heterocycles. The Morgan fingerprint density at radius 3 is 1.98 bits per heavy atom. The van der Waals surface area contributed by atoms with Gasteiger partial charge in [0.1, 0.15) is 24.6 Å². The van der Waals surface area contributed by atoms with E-state index >= 15 is 0 Å². The molecule has 10 nitrogen and oxygen atoms in total. The Labute approximate surface area is 237 Å². The van der Waals surface area contributed by atoms with Gasteiger partial charge < -0.3 is 28.4 Å². The molecule has 0 bridgehead atoms. The second-order valence-electron chi connectivity index (χ2n) is 9.22. The Kier molecular flexibility index (Phi) is 10.9. The first-order valence-electron chi connectivity index (χ1n) is 12.8. The fourth-order valence-corrected chi connectivity index (χ4v) is 4.68. The van der Waals surface area contributed by atoms with Crippen LogP contribution in [0, 0.1) is 0 Å². The molecule has 216 valence electrons. The van der Waals surface area contributed by atoms with Gasteiger partial charge in [-0.1, -0.05) is 35.9 Å². The summed E-state index contributed by atoms with van der Waals surface area (Å²) in [7, 11) is 0. The number of carbonyl (C=O) groups excluding carboxylic acids is 4. The zero-order chi connectivity index (χ0) is 29.4. The minimum Gasteiger partial charge on any atom is -0.494 e. The number of carbonyl (C=O) groups is 4. The third kappa shape index (κ3) is 8.43. The number of esters is 4. The fraction of sp³-hybridized carbons (Fsp3) is 0.448. The number of halogens is 1. The Bertz CT molecular complexity index is 1210. The van der Waals surface area contributed by atoms with Crippen molar-refractivity contribution in [1.29, 1.82) is 0 Å². The van der Waals surface area contributed by atoms with Crippen LogP contribution in [0.25, 0.3) is 0 Å². The lowest BCUT2D eigenvalue weighted by Crippen LogP contribution is -2.59. The molecule has 0 amide bonds. The van der Waals surface area contributed by atoms with Crippen LogP contribution in [-0.2, 0) is 49.3 Å². The van der Waals surface area contributed by atoms with E-state index in [0.29, 0.717) is 23.6 Å². The maximum atomic E-state index is 12.2. The van der Waals surface area contributed by atoms with E-state index in [0.717, 1.165) is 16.9 Å². The van der Waals surface area contributed by atoms with Crippen molar-refractivity contribution in [1.82, 2.24) is 0 Å². The zero-order valence-corrected chi connectivity index (χ0v) is 23.8. The van der Waals surface area contributed by atoms with E-state index in [1.807, 2.05) is 31.2 Å². The molecule has 2 aromatic carbocycles. The van der Waals surface area contributed by atoms with Crippen LogP contribution in [0.4, 0.5) is 0 Å². The van der Waals surface area contributed by atoms with Crippen LogP contribution in [0.15, 0.2) is 42.5 Å². The highest BCUT2D eigenvalue weighted by Crippen LogP contribution is 2.39. The van der Waals surface area contributed by atoms with Gasteiger partial charge in [-0.15, -0.1) is 0 Å². The molecule has 11 heteroatoms. The highest BCUT2D eigenvalue weighted by Gasteiger charge is 2.52. The molecule has 1 aliphatic rings. The number of hydrogen-bond acceptors (Lipinski definition) is 10. The van der Waals surface area contributed by atoms with E-state index < -0.39 is 54.4 Å². The van der Waals surface area contributed by atoms with Crippen LogP contribution >= 0.6 is 11.6 Å². The molecule has 0 saturated carbocycles. The molecule has 40 heavy (non-hydrogen) atoms. The van der Waals surface area contributed by atoms with Crippen molar-refractivity contribution in [2.75, 3.05) is 13.2 Å². The van der Waals surface area contributed by atoms with Gasteiger partial charge in [-0.05, 0) is 48.2 Å². The van der Waals surface area contributed by atoms with Gasteiger partial charge in [-0.25, -0.2) is 0 Å². The molecule has 1 saturated heterocycles. The molecule has 1 unspecified atom stereocenters. The lowest BCUT2D eigenvalue weighted by Gasteiger charge is -2.44. The van der Waals surface area contributed by atoms with Gasteiger partial charge in [-0.3, -0.25) is 19.2 Å². The van der Waals surface area contributed by atoms with Crippen molar-refractivity contribution in [3.63, 3.8) is 0 Å². The quantitative estimate of drug-likeness (QED) is 0.301. The van der Waals surface area contributed by atoms with Gasteiger partial charge in [0.15, 0.2) is 18.3 Å². The van der Waals surface area contributed by atoms with Crippen molar-refractivity contribution in [2.45, 2.75) is 71.6 Å². The van der Waals surface area contributed by atoms with Crippen molar-refractivity contribution in [3.8, 4) is 5.75 Å². The fourth-order valence-electron chi connectivity index (χ4n) is 4.49. The van der Waals surface area contributed by atoms with Crippen molar-refractivity contribution in [3.05, 3.63) is 64.2 Å². The molecule has 2 aromatic rings. The van der Waals surface area contributed by atoms with Gasteiger partial charge in [-0.2, -0.15) is 0 Å². The van der Waals surface area contributed by atoms with Crippen molar-refractivity contribution < 1.29 is 47.6 Å². The second kappa shape index (κ2) is 14.1. The number of hydrogen-bond donors (Lipinski definition) is 0. The lowest BCUT2D eigenvalue weighted by atomic mass is 9.89. The molecule has 5 atom stereocenters. The van der Waals surface area contributed by atoms with Crippen molar-refractivity contribution in [2.24, 2.45) is 0 Å². The average Bonchev–Trinajstić information content (AvgIpc) is 2.87. The maximum Gasteiger partial charge on any atom is 0.303 e. The Hall–Kier alpha value is -3.63. The number of ether oxygens (including phenoxy) is 6. The normalized spacial score (nSPS) is 22.1. The lowest BCUT2D eigenvalue weighted by molar-refractivity contribution is -0.254. The molecule has 0 aliphatic carbocycles. The van der Waals surface area contributed by atoms with E-state index in [2.05, 4.69) is 0 Å². The highest BCUT2D eigenvalue weighted by molar-refractivity contribution is 6.31. The van der Waals surface area contributed by atoms with E-state index in [-0.39, 0.29) is 6.61 Å². The topological polar surface area (TPSA) is 124 Å². The van der Waals surface area contributed by atoms with Gasteiger partial charge in [0.2, 0.25) is 0 Å². The smallest absolute Gasteiger partial charge is 0.303 e. The Balaban J connectivity index is 2.03. The SMILES string of the molecule is CCOc1ccc(Cc2cc([C@@H]3OC(COC(C)=O)[C@@H](OC(C)=O)[C@H](OC(C)=O)[C@@H]3OC(C)=O)ccc2Cl)cc1. The summed E-state index contributed by atoms with van der Waals surface area (Å²) in [5.41, 5.74) is 2.29. The monoisotopic (exact) mass is 576 g/mol. The first-order chi connectivity index (χ1) is 19.0. The van der Waals surface area contributed by atoms with E-state index in [4.69, 9.17) is 40.0 Å². The molecular formula is C29H33ClO10. The first-order valence-corrected chi connectivity index (χ1v) is 13.2. The van der Waals surface area contributed by atoms with Crippen LogP contribution in [0.1, 0.15) is 57.4 Å². The van der Waals surface area contributed by atoms with Crippen molar-refractivity contribution >= 4 is 35.5 Å². The van der Waals surface area contributed by atoms with Crippen LogP contribution in [-0.4, -0.2) is 61.5 Å². The molecule has 0 aromatic heterocycles. The van der Waals surface area contributed by atoms with Crippen LogP contribution in [0.5, 0.6) is 5.75 Å². The summed E-state index contributed by atoms with van der Waals surface area (Å²) in [6.07, 6.45) is -5.23. The summed E-state index contributed by atoms with van der Waals surface area (Å²) in [5, 5.41) is 0.503. The Morgan fingerprint density at radius 1 is 0.800 bits per heavy atom. The molecule has 0 spiro atoms. The zero-order valence-electron chi connectivity index (χ0n) is 23.0. The molecule has 0 radical (unpaired) electrons.